The van der Waals surface area contributed by atoms with Crippen molar-refractivity contribution in [1.82, 2.24) is 39.0 Å². The maximum atomic E-state index is 10.9. The van der Waals surface area contributed by atoms with Gasteiger partial charge in [0.25, 0.3) is 0 Å². The van der Waals surface area contributed by atoms with Crippen LogP contribution in [0.2, 0.25) is 5.15 Å². The molecule has 0 saturated carbocycles. The Morgan fingerprint density at radius 1 is 0.662 bits per heavy atom. The molecule has 8 atom stereocenters. The predicted octanol–water partition coefficient (Wildman–Crippen LogP) is 7.46. The number of aliphatic hydroxyl groups is 4. The summed E-state index contributed by atoms with van der Waals surface area (Å²) >= 11 is 16.2. The number of rotatable bonds is 10. The Balaban J connectivity index is 0.000000170. The number of nitrogens with zero attached hydrogens (tertiary/aromatic N) is 10. The molecule has 2 aromatic carbocycles. The highest BCUT2D eigenvalue weighted by Crippen LogP contribution is 2.52. The monoisotopic (exact) mass is 1110 g/mol. The number of fused-ring (bicyclic) bond motifs is 4. The van der Waals surface area contributed by atoms with Gasteiger partial charge in [-0.1, -0.05) is 11.6 Å². The van der Waals surface area contributed by atoms with Crippen LogP contribution in [-0.2, 0) is 0 Å². The Morgan fingerprint density at radius 2 is 1.10 bits per heavy atom. The van der Waals surface area contributed by atoms with Crippen molar-refractivity contribution in [2.45, 2.75) is 58.5 Å². The number of nitrogens with two attached hydrogens (primary N) is 1. The fraction of sp³-hybridized carbons (Fsp3) is 0.348. The highest BCUT2D eigenvalue weighted by molar-refractivity contribution is 9.11. The number of aromatic nitrogens is 8. The topological polar surface area (TPSA) is 219 Å². The third kappa shape index (κ3) is 9.00. The maximum absolute atomic E-state index is 10.9. The Labute approximate surface area is 421 Å². The quantitative estimate of drug-likeness (QED) is 0.0839. The standard InChI is InChI=1S/C23H23BrClN5O3S.C23H25BrN6O3S/c2*1-23(10-33-13-5-4-12-8-15(24)21(29(2)3)28-16(12)9-13)18(32)17(31)22(34-23)30-7-6-14-19(25)26-11-27-20(14)30/h4-9,11,17-18,22,31-32H,10H2,1-3H3;4-9,11,17-18,22,31-32H,10H2,1-3H3,(H2,25,26,27)/t2*17-,18+,22-,23+/m11/s1. The minimum atomic E-state index is -1.01. The SMILES string of the molecule is CN(C)c1nc2cc(OC[C@]3(C)S[C@@H](n4ccc5c(Cl)ncnc54)[C@H](O)[C@@H]3O)ccc2cc1Br.CN(C)c1nc2cc(OC[C@]3(C)S[C@@H](n4ccc5c(N)ncnc54)[C@H](O)[C@@H]3O)ccc2cc1Br. The number of ether oxygens (including phenoxy) is 2. The van der Waals surface area contributed by atoms with E-state index in [1.807, 2.05) is 128 Å². The minimum Gasteiger partial charge on any atom is -0.492 e. The molecular weight excluding hydrogens is 1060 g/mol. The first-order valence-electron chi connectivity index (χ1n) is 21.3. The van der Waals surface area contributed by atoms with E-state index in [0.29, 0.717) is 44.5 Å². The van der Waals surface area contributed by atoms with Gasteiger partial charge in [0, 0.05) is 63.5 Å². The second-order valence-corrected chi connectivity index (χ2v) is 22.9. The number of hydrogen-bond donors (Lipinski definition) is 5. The van der Waals surface area contributed by atoms with E-state index in [4.69, 9.17) is 36.8 Å². The van der Waals surface area contributed by atoms with Gasteiger partial charge in [-0.15, -0.1) is 23.5 Å². The van der Waals surface area contributed by atoms with E-state index in [-0.39, 0.29) is 13.2 Å². The van der Waals surface area contributed by atoms with Crippen molar-refractivity contribution in [3.63, 3.8) is 0 Å². The lowest BCUT2D eigenvalue weighted by Crippen LogP contribution is -2.43. The van der Waals surface area contributed by atoms with Crippen LogP contribution in [0.4, 0.5) is 17.5 Å². The molecule has 8 heterocycles. The lowest BCUT2D eigenvalue weighted by atomic mass is 10.00. The van der Waals surface area contributed by atoms with Crippen molar-refractivity contribution in [3.8, 4) is 11.5 Å². The molecule has 68 heavy (non-hydrogen) atoms. The molecule has 2 aliphatic heterocycles. The van der Waals surface area contributed by atoms with Crippen LogP contribution >= 0.6 is 67.0 Å². The Bertz CT molecular complexity index is 2980. The molecule has 2 saturated heterocycles. The van der Waals surface area contributed by atoms with E-state index >= 15 is 0 Å². The van der Waals surface area contributed by atoms with Gasteiger partial charge in [-0.25, -0.2) is 29.9 Å². The highest BCUT2D eigenvalue weighted by atomic mass is 79.9. The average molecular weight is 1110 g/mol. The number of anilines is 3. The molecule has 356 valence electrons. The smallest absolute Gasteiger partial charge is 0.146 e. The first-order chi connectivity index (χ1) is 32.4. The molecule has 2 aliphatic rings. The van der Waals surface area contributed by atoms with Gasteiger partial charge in [-0.2, -0.15) is 0 Å². The van der Waals surface area contributed by atoms with E-state index in [2.05, 4.69) is 51.8 Å². The largest absolute Gasteiger partial charge is 0.492 e. The number of hydrogen-bond acceptors (Lipinski definition) is 17. The molecule has 0 aliphatic carbocycles. The summed E-state index contributed by atoms with van der Waals surface area (Å²) in [4.78, 5) is 30.0. The maximum Gasteiger partial charge on any atom is 0.146 e. The number of pyridine rings is 2. The summed E-state index contributed by atoms with van der Waals surface area (Å²) < 4.78 is 16.2. The molecule has 0 bridgehead atoms. The fourth-order valence-corrected chi connectivity index (χ4v) is 13.0. The summed E-state index contributed by atoms with van der Waals surface area (Å²) in [6.07, 6.45) is 2.37. The summed E-state index contributed by atoms with van der Waals surface area (Å²) in [5.74, 6) is 3.32. The number of thioether (sulfide) groups is 2. The first-order valence-corrected chi connectivity index (χ1v) is 25.0. The summed E-state index contributed by atoms with van der Waals surface area (Å²) in [5, 5.41) is 46.5. The summed E-state index contributed by atoms with van der Waals surface area (Å²) in [7, 11) is 7.76. The van der Waals surface area contributed by atoms with Gasteiger partial charge in [-0.3, -0.25) is 0 Å². The van der Waals surface area contributed by atoms with Gasteiger partial charge in [0.2, 0.25) is 0 Å². The van der Waals surface area contributed by atoms with Crippen LogP contribution in [0, 0.1) is 0 Å². The fourth-order valence-electron chi connectivity index (χ4n) is 8.37. The molecule has 6 N–H and O–H groups in total. The van der Waals surface area contributed by atoms with E-state index < -0.39 is 44.7 Å². The Hall–Kier alpha value is -4.71. The second-order valence-electron chi connectivity index (χ2n) is 17.5. The molecular formula is C46H48Br2ClN11O6S2. The van der Waals surface area contributed by atoms with Crippen molar-refractivity contribution in [2.75, 3.05) is 56.9 Å². The normalized spacial score (nSPS) is 24.7. The molecule has 10 rings (SSSR count). The van der Waals surface area contributed by atoms with Crippen LogP contribution in [0.1, 0.15) is 24.6 Å². The third-order valence-electron chi connectivity index (χ3n) is 12.2. The van der Waals surface area contributed by atoms with Crippen LogP contribution in [-0.4, -0.2) is 135 Å². The molecule has 0 unspecified atom stereocenters. The van der Waals surface area contributed by atoms with Crippen molar-refractivity contribution in [2.24, 2.45) is 0 Å². The van der Waals surface area contributed by atoms with Crippen molar-refractivity contribution < 1.29 is 29.9 Å². The zero-order valence-corrected chi connectivity index (χ0v) is 43.1. The van der Waals surface area contributed by atoms with Gasteiger partial charge in [0.05, 0.1) is 40.2 Å². The summed E-state index contributed by atoms with van der Waals surface area (Å²) in [6, 6.07) is 19.1. The molecule has 17 nitrogen and oxygen atoms in total. The average Bonchev–Trinajstić information content (AvgIpc) is 4.06. The van der Waals surface area contributed by atoms with Crippen molar-refractivity contribution in [1.29, 1.82) is 0 Å². The Kier molecular flexibility index (Phi) is 13.4. The predicted molar refractivity (Wildman–Crippen MR) is 277 cm³/mol. The van der Waals surface area contributed by atoms with Crippen LogP contribution in [0.3, 0.4) is 0 Å². The summed E-state index contributed by atoms with van der Waals surface area (Å²) in [5.41, 5.74) is 8.80. The van der Waals surface area contributed by atoms with Gasteiger partial charge >= 0.3 is 0 Å². The molecule has 0 spiro atoms. The van der Waals surface area contributed by atoms with Gasteiger partial charge < -0.3 is 54.6 Å². The van der Waals surface area contributed by atoms with Gasteiger partial charge in [0.1, 0.15) is 106 Å². The zero-order chi connectivity index (χ0) is 48.4. The van der Waals surface area contributed by atoms with E-state index in [1.54, 1.807) is 6.20 Å². The van der Waals surface area contributed by atoms with E-state index in [1.165, 1.54) is 36.2 Å². The van der Waals surface area contributed by atoms with Gasteiger partial charge in [-0.05, 0) is 94.2 Å². The molecule has 6 aromatic heterocycles. The zero-order valence-electron chi connectivity index (χ0n) is 37.6. The van der Waals surface area contributed by atoms with Crippen LogP contribution < -0.4 is 25.0 Å². The highest BCUT2D eigenvalue weighted by Gasteiger charge is 2.53. The molecule has 22 heteroatoms. The second kappa shape index (κ2) is 18.9. The number of aliphatic hydroxyl groups excluding tert-OH is 4. The molecule has 0 radical (unpaired) electrons. The van der Waals surface area contributed by atoms with Crippen molar-refractivity contribution in [3.05, 3.63) is 99.8 Å². The molecule has 2 fully saturated rings. The van der Waals surface area contributed by atoms with Crippen LogP contribution in [0.15, 0.2) is 94.7 Å². The number of halogens is 3. The van der Waals surface area contributed by atoms with Crippen LogP contribution in [0.25, 0.3) is 43.9 Å². The third-order valence-corrected chi connectivity index (χ3v) is 16.9. The summed E-state index contributed by atoms with van der Waals surface area (Å²) in [6.45, 7) is 4.18. The van der Waals surface area contributed by atoms with E-state index in [9.17, 15) is 20.4 Å². The minimum absolute atomic E-state index is 0.198. The molecule has 0 amide bonds. The Morgan fingerprint density at radius 3 is 1.57 bits per heavy atom. The lowest BCUT2D eigenvalue weighted by Gasteiger charge is -2.27. The number of nitrogen functional groups attached to an aromatic ring is 1. The van der Waals surface area contributed by atoms with Crippen LogP contribution in [0.5, 0.6) is 11.5 Å². The van der Waals surface area contributed by atoms with Crippen molar-refractivity contribution >= 4 is 128 Å². The van der Waals surface area contributed by atoms with E-state index in [0.717, 1.165) is 42.4 Å². The van der Waals surface area contributed by atoms with Gasteiger partial charge in [0.15, 0.2) is 0 Å². The lowest BCUT2D eigenvalue weighted by molar-refractivity contribution is -0.00661. The molecule has 8 aromatic rings. The number of benzene rings is 2. The first kappa shape index (κ1) is 48.3.